The molecule has 0 radical (unpaired) electrons. The van der Waals surface area contributed by atoms with Gasteiger partial charge in [0.2, 0.25) is 0 Å². The van der Waals surface area contributed by atoms with Gasteiger partial charge in [0.1, 0.15) is 0 Å². The average molecular weight is 695 g/mol. The van der Waals surface area contributed by atoms with Gasteiger partial charge in [-0.3, -0.25) is 9.59 Å². The molecular formula is C36H41Cl2N5O3S. The Morgan fingerprint density at radius 3 is 2.43 bits per heavy atom. The van der Waals surface area contributed by atoms with Gasteiger partial charge in [-0.25, -0.2) is 4.68 Å². The maximum atomic E-state index is 14.5. The van der Waals surface area contributed by atoms with E-state index in [1.807, 2.05) is 60.4 Å². The maximum absolute atomic E-state index is 14.5. The Hall–Kier alpha value is -3.50. The van der Waals surface area contributed by atoms with Crippen LogP contribution in [0.25, 0.3) is 5.69 Å². The van der Waals surface area contributed by atoms with Crippen LogP contribution >= 0.6 is 35.1 Å². The van der Waals surface area contributed by atoms with E-state index < -0.39 is 0 Å². The quantitative estimate of drug-likeness (QED) is 0.137. The Morgan fingerprint density at radius 2 is 1.72 bits per heavy atom. The second-order valence-corrected chi connectivity index (χ2v) is 13.4. The fourth-order valence-corrected chi connectivity index (χ4v) is 6.95. The summed E-state index contributed by atoms with van der Waals surface area (Å²) in [7, 11) is 0. The standard InChI is InChI=1S/C36H41Cl2N5O3S/c1-4-6-17-41(18-7-5-2)36(46)31-19-24(3)43(39-31)32-16-15-27(40-47-33-14-10-13-30(37)34(33)38)21-29(32)35(45)42-22-26-12-9-8-11-25(26)20-28(42)23-44/h8-16,19,21,28,40,44H,4-7,17-18,20,22-23H2,1-3H3. The molecule has 1 aliphatic rings. The summed E-state index contributed by atoms with van der Waals surface area (Å²) in [5.74, 6) is -0.346. The van der Waals surface area contributed by atoms with Crippen LogP contribution < -0.4 is 4.72 Å². The van der Waals surface area contributed by atoms with Gasteiger partial charge in [0.05, 0.1) is 33.9 Å². The molecule has 3 aromatic carbocycles. The molecule has 0 spiro atoms. The monoisotopic (exact) mass is 693 g/mol. The lowest BCUT2D eigenvalue weighted by Gasteiger charge is -2.36. The van der Waals surface area contributed by atoms with Crippen LogP contribution in [0.2, 0.25) is 10.0 Å². The van der Waals surface area contributed by atoms with Crippen molar-refractivity contribution in [3.8, 4) is 5.69 Å². The van der Waals surface area contributed by atoms with E-state index in [0.717, 1.165) is 47.4 Å². The lowest BCUT2D eigenvalue weighted by Crippen LogP contribution is -2.46. The van der Waals surface area contributed by atoms with E-state index in [9.17, 15) is 14.7 Å². The molecule has 2 heterocycles. The van der Waals surface area contributed by atoms with E-state index in [4.69, 9.17) is 28.3 Å². The number of hydrogen-bond acceptors (Lipinski definition) is 6. The van der Waals surface area contributed by atoms with Gasteiger partial charge >= 0.3 is 0 Å². The Kier molecular flexibility index (Phi) is 11.9. The third-order valence-electron chi connectivity index (χ3n) is 8.43. The molecule has 0 saturated carbocycles. The third kappa shape index (κ3) is 7.97. The number of unbranched alkanes of at least 4 members (excludes halogenated alkanes) is 2. The number of aromatic nitrogens is 2. The summed E-state index contributed by atoms with van der Waals surface area (Å²) in [4.78, 5) is 32.5. The predicted octanol–water partition coefficient (Wildman–Crippen LogP) is 8.21. The number of rotatable bonds is 13. The average Bonchev–Trinajstić information content (AvgIpc) is 3.48. The number of aliphatic hydroxyl groups excluding tert-OH is 1. The first-order valence-electron chi connectivity index (χ1n) is 16.1. The number of amides is 2. The van der Waals surface area contributed by atoms with Crippen molar-refractivity contribution in [1.82, 2.24) is 19.6 Å². The van der Waals surface area contributed by atoms with Crippen LogP contribution in [0.3, 0.4) is 0 Å². The van der Waals surface area contributed by atoms with Gasteiger partial charge in [0.15, 0.2) is 5.69 Å². The lowest BCUT2D eigenvalue weighted by molar-refractivity contribution is 0.0544. The van der Waals surface area contributed by atoms with Gasteiger partial charge in [-0.1, -0.05) is 80.2 Å². The second kappa shape index (κ2) is 16.1. The predicted molar refractivity (Wildman–Crippen MR) is 191 cm³/mol. The number of benzene rings is 3. The van der Waals surface area contributed by atoms with Gasteiger partial charge in [-0.2, -0.15) is 5.10 Å². The van der Waals surface area contributed by atoms with Crippen molar-refractivity contribution < 1.29 is 14.7 Å². The zero-order valence-corrected chi connectivity index (χ0v) is 29.3. The number of carbonyl (C=O) groups excluding carboxylic acids is 2. The summed E-state index contributed by atoms with van der Waals surface area (Å²) in [5.41, 5.74) is 4.87. The number of nitrogens with one attached hydrogen (secondary N) is 1. The summed E-state index contributed by atoms with van der Waals surface area (Å²) in [5, 5.41) is 16.0. The Bertz CT molecular complexity index is 1720. The topological polar surface area (TPSA) is 90.7 Å². The van der Waals surface area contributed by atoms with Crippen molar-refractivity contribution in [1.29, 1.82) is 0 Å². The highest BCUT2D eigenvalue weighted by molar-refractivity contribution is 8.00. The van der Waals surface area contributed by atoms with Crippen LogP contribution in [0.1, 0.15) is 77.2 Å². The summed E-state index contributed by atoms with van der Waals surface area (Å²) in [6, 6.07) is 20.3. The molecule has 1 atom stereocenters. The van der Waals surface area contributed by atoms with Gasteiger partial charge in [-0.15, -0.1) is 0 Å². The molecule has 1 unspecified atom stereocenters. The molecule has 0 aliphatic carbocycles. The molecule has 2 N–H and O–H groups in total. The van der Waals surface area contributed by atoms with Crippen molar-refractivity contribution in [3.05, 3.63) is 105 Å². The second-order valence-electron chi connectivity index (χ2n) is 11.8. The van der Waals surface area contributed by atoms with Gasteiger partial charge in [-0.05, 0) is 85.7 Å². The minimum Gasteiger partial charge on any atom is -0.394 e. The highest BCUT2D eigenvalue weighted by Crippen LogP contribution is 2.35. The van der Waals surface area contributed by atoms with Crippen LogP contribution in [-0.2, 0) is 13.0 Å². The molecule has 47 heavy (non-hydrogen) atoms. The smallest absolute Gasteiger partial charge is 0.274 e. The van der Waals surface area contributed by atoms with Gasteiger partial charge < -0.3 is 19.6 Å². The fraction of sp³-hybridized carbons (Fsp3) is 0.361. The zero-order valence-electron chi connectivity index (χ0n) is 27.0. The Labute approximate surface area is 291 Å². The molecule has 1 aliphatic heterocycles. The number of fused-ring (bicyclic) bond motifs is 1. The number of halogens is 2. The van der Waals surface area contributed by atoms with Crippen molar-refractivity contribution in [2.75, 3.05) is 24.4 Å². The highest BCUT2D eigenvalue weighted by Gasteiger charge is 2.32. The van der Waals surface area contributed by atoms with E-state index in [1.165, 1.54) is 11.9 Å². The number of nitrogens with zero attached hydrogens (tertiary/aromatic N) is 4. The van der Waals surface area contributed by atoms with E-state index in [1.54, 1.807) is 27.8 Å². The van der Waals surface area contributed by atoms with Crippen molar-refractivity contribution in [3.63, 3.8) is 0 Å². The fourth-order valence-electron chi connectivity index (χ4n) is 5.77. The number of anilines is 1. The van der Waals surface area contributed by atoms with Crippen LogP contribution in [0.15, 0.2) is 71.6 Å². The molecule has 2 amide bonds. The summed E-state index contributed by atoms with van der Waals surface area (Å²) >= 11 is 13.9. The number of hydrogen-bond donors (Lipinski definition) is 2. The van der Waals surface area contributed by atoms with Crippen molar-refractivity contribution in [2.45, 2.75) is 70.4 Å². The molecule has 11 heteroatoms. The minimum atomic E-state index is -0.386. The first-order chi connectivity index (χ1) is 22.7. The van der Waals surface area contributed by atoms with E-state index in [0.29, 0.717) is 58.7 Å². The summed E-state index contributed by atoms with van der Waals surface area (Å²) in [6.07, 6.45) is 4.39. The molecule has 248 valence electrons. The molecule has 0 bridgehead atoms. The van der Waals surface area contributed by atoms with Crippen molar-refractivity contribution in [2.24, 2.45) is 0 Å². The van der Waals surface area contributed by atoms with E-state index >= 15 is 0 Å². The first-order valence-corrected chi connectivity index (χ1v) is 17.7. The first kappa shape index (κ1) is 34.8. The Balaban J connectivity index is 1.52. The lowest BCUT2D eigenvalue weighted by atomic mass is 9.93. The molecule has 1 aromatic heterocycles. The molecule has 5 rings (SSSR count). The van der Waals surface area contributed by atoms with Crippen LogP contribution in [-0.4, -0.2) is 62.2 Å². The molecular weight excluding hydrogens is 653 g/mol. The number of aryl methyl sites for hydroxylation is 1. The third-order valence-corrected chi connectivity index (χ3v) is 10.3. The molecule has 8 nitrogen and oxygen atoms in total. The Morgan fingerprint density at radius 1 is 1.00 bits per heavy atom. The molecule has 0 saturated heterocycles. The number of aliphatic hydroxyl groups is 1. The molecule has 4 aromatic rings. The van der Waals surface area contributed by atoms with Crippen LogP contribution in [0, 0.1) is 6.92 Å². The zero-order chi connectivity index (χ0) is 33.5. The van der Waals surface area contributed by atoms with Crippen LogP contribution in [0.5, 0.6) is 0 Å². The van der Waals surface area contributed by atoms with E-state index in [2.05, 4.69) is 18.6 Å². The summed E-state index contributed by atoms with van der Waals surface area (Å²) in [6.45, 7) is 7.68. The maximum Gasteiger partial charge on any atom is 0.274 e. The number of carbonyl (C=O) groups is 2. The largest absolute Gasteiger partial charge is 0.394 e. The van der Waals surface area contributed by atoms with E-state index in [-0.39, 0.29) is 24.5 Å². The van der Waals surface area contributed by atoms with Crippen molar-refractivity contribution >= 4 is 52.7 Å². The normalized spacial score (nSPS) is 14.2. The highest BCUT2D eigenvalue weighted by atomic mass is 35.5. The van der Waals surface area contributed by atoms with Gasteiger partial charge in [0, 0.05) is 35.9 Å². The van der Waals surface area contributed by atoms with Gasteiger partial charge in [0.25, 0.3) is 11.8 Å². The minimum absolute atomic E-state index is 0.109. The SMILES string of the molecule is CCCCN(CCCC)C(=O)c1cc(C)n(-c2ccc(NSc3cccc(Cl)c3Cl)cc2C(=O)N2Cc3ccccc3CC2CO)n1. The molecule has 0 fully saturated rings. The summed E-state index contributed by atoms with van der Waals surface area (Å²) < 4.78 is 4.98. The van der Waals surface area contributed by atoms with Crippen LogP contribution in [0.4, 0.5) is 5.69 Å².